The van der Waals surface area contributed by atoms with Crippen LogP contribution < -0.4 is 10.6 Å². The fraction of sp³-hybridized carbons (Fsp3) is 0.684. The fourth-order valence-electron chi connectivity index (χ4n) is 3.19. The summed E-state index contributed by atoms with van der Waals surface area (Å²) in [7, 11) is 0. The van der Waals surface area contributed by atoms with E-state index in [1.165, 1.54) is 0 Å². The van der Waals surface area contributed by atoms with Crippen molar-refractivity contribution in [1.82, 2.24) is 20.6 Å². The van der Waals surface area contributed by atoms with E-state index in [1.54, 1.807) is 0 Å². The van der Waals surface area contributed by atoms with Crippen LogP contribution in [0.4, 0.5) is 0 Å². The van der Waals surface area contributed by atoms with Crippen LogP contribution in [0.2, 0.25) is 0 Å². The Morgan fingerprint density at radius 1 is 1.25 bits per heavy atom. The summed E-state index contributed by atoms with van der Waals surface area (Å²) in [6, 6.07) is -1.19. The summed E-state index contributed by atoms with van der Waals surface area (Å²) in [5.74, 6) is -1.67. The molecule has 28 heavy (non-hydrogen) atoms. The van der Waals surface area contributed by atoms with Crippen molar-refractivity contribution in [2.75, 3.05) is 19.6 Å². The van der Waals surface area contributed by atoms with Crippen LogP contribution in [0, 0.1) is 0 Å². The molecular weight excluding hydrogens is 370 g/mol. The van der Waals surface area contributed by atoms with Gasteiger partial charge in [-0.05, 0) is 39.7 Å². The van der Waals surface area contributed by atoms with Gasteiger partial charge in [0.15, 0.2) is 0 Å². The molecule has 3 amide bonds. The van der Waals surface area contributed by atoms with Gasteiger partial charge in [-0.3, -0.25) is 19.3 Å². The molecule has 2 aliphatic heterocycles. The van der Waals surface area contributed by atoms with Gasteiger partial charge in [-0.1, -0.05) is 6.58 Å². The SMILES string of the molecule is [2H]C1(C(=O)NCCC(=O)[15NH][13CH2][13CH2][13C](=O)ON2C(=C)CCC2=O)CCCN1C([13CH3])[13CH3]. The normalized spacial score (nSPS) is 23.1. The minimum Gasteiger partial charge on any atom is -0.355 e. The molecule has 2 saturated heterocycles. The maximum atomic E-state index is 12.4. The number of amides is 3. The molecule has 0 spiro atoms. The van der Waals surface area contributed by atoms with Crippen LogP contribution >= 0.6 is 0 Å². The van der Waals surface area contributed by atoms with Crippen molar-refractivity contribution in [1.29, 1.82) is 0 Å². The summed E-state index contributed by atoms with van der Waals surface area (Å²) < 4.78 is 8.47. The first-order chi connectivity index (χ1) is 13.6. The van der Waals surface area contributed by atoms with Crippen molar-refractivity contribution in [3.8, 4) is 0 Å². The van der Waals surface area contributed by atoms with E-state index in [0.717, 1.165) is 11.5 Å². The zero-order valence-corrected chi connectivity index (χ0v) is 16.6. The third-order valence-corrected chi connectivity index (χ3v) is 4.67. The molecule has 156 valence electrons. The van der Waals surface area contributed by atoms with E-state index in [-0.39, 0.29) is 50.2 Å². The molecule has 2 fully saturated rings. The first-order valence-corrected chi connectivity index (χ1v) is 9.68. The Hall–Kier alpha value is -2.42. The van der Waals surface area contributed by atoms with E-state index >= 15 is 0 Å². The van der Waals surface area contributed by atoms with Gasteiger partial charge in [-0.2, -0.15) is 0 Å². The largest absolute Gasteiger partial charge is 0.355 e. The van der Waals surface area contributed by atoms with Gasteiger partial charge in [0.2, 0.25) is 11.8 Å². The standard InChI is InChI=1S/C19H30N4O5/c1-13(2)22-12-4-5-15(22)19(27)21-10-8-16(24)20-11-9-18(26)28-23-14(3)6-7-17(23)25/h13,15H,3-12H2,1-2H3,(H,20,24)(H,21,27)/i1+1,2+1,9+1,11+1,15D,18+1,20+1. The summed E-state index contributed by atoms with van der Waals surface area (Å²) in [5, 5.41) is 6.13. The number of hydroxylamine groups is 2. The summed E-state index contributed by atoms with van der Waals surface area (Å²) in [6.45, 7) is 8.44. The van der Waals surface area contributed by atoms with Gasteiger partial charge < -0.3 is 15.5 Å². The molecule has 9 nitrogen and oxygen atoms in total. The molecule has 0 aromatic carbocycles. The van der Waals surface area contributed by atoms with Crippen LogP contribution in [0.15, 0.2) is 12.3 Å². The molecule has 1 unspecified atom stereocenters. The third-order valence-electron chi connectivity index (χ3n) is 4.67. The van der Waals surface area contributed by atoms with E-state index in [0.29, 0.717) is 25.1 Å². The molecule has 0 bridgehead atoms. The molecule has 2 rings (SSSR count). The Morgan fingerprint density at radius 2 is 1.96 bits per heavy atom. The Balaban J connectivity index is 1.63. The predicted molar refractivity (Wildman–Crippen MR) is 101 cm³/mol. The molecule has 0 aromatic heterocycles. The quantitative estimate of drug-likeness (QED) is 0.429. The molecule has 0 aliphatic carbocycles. The number of allylic oxidation sites excluding steroid dienone is 1. The van der Waals surface area contributed by atoms with Crippen LogP contribution in [0.1, 0.15) is 53.7 Å². The molecule has 9 heteroatoms. The number of likely N-dealkylation sites (tertiary alicyclic amines) is 1. The van der Waals surface area contributed by atoms with Crippen molar-refractivity contribution in [2.45, 2.75) is 64.4 Å². The second-order valence-corrected chi connectivity index (χ2v) is 7.16. The Morgan fingerprint density at radius 3 is 2.61 bits per heavy atom. The minimum atomic E-state index is -1.29. The fourth-order valence-corrected chi connectivity index (χ4v) is 3.19. The monoisotopic (exact) mass is 401 g/mol. The van der Waals surface area contributed by atoms with Crippen molar-refractivity contribution in [3.05, 3.63) is 12.3 Å². The van der Waals surface area contributed by atoms with Gasteiger partial charge in [0.25, 0.3) is 5.91 Å². The lowest BCUT2D eigenvalue weighted by molar-refractivity contribution is -0.186. The first-order valence-electron chi connectivity index (χ1n) is 10.2. The number of carbonyl (C=O) groups is 4. The summed E-state index contributed by atoms with van der Waals surface area (Å²) in [6.07, 6.45) is 1.94. The van der Waals surface area contributed by atoms with E-state index in [9.17, 15) is 19.2 Å². The molecule has 0 radical (unpaired) electrons. The molecule has 1 atom stereocenters. The van der Waals surface area contributed by atoms with Gasteiger partial charge in [-0.15, -0.1) is 5.06 Å². The lowest BCUT2D eigenvalue weighted by Crippen LogP contribution is -2.46. The van der Waals surface area contributed by atoms with Crippen molar-refractivity contribution in [2.24, 2.45) is 0 Å². The number of rotatable bonds is 9. The van der Waals surface area contributed by atoms with Crippen molar-refractivity contribution < 1.29 is 25.4 Å². The zero-order valence-electron chi connectivity index (χ0n) is 17.6. The van der Waals surface area contributed by atoms with E-state index < -0.39 is 17.9 Å². The molecule has 0 saturated carbocycles. The summed E-state index contributed by atoms with van der Waals surface area (Å²) >= 11 is 0. The van der Waals surface area contributed by atoms with Gasteiger partial charge in [0, 0.05) is 32.0 Å². The zero-order chi connectivity index (χ0) is 21.6. The summed E-state index contributed by atoms with van der Waals surface area (Å²) in [4.78, 5) is 54.4. The Bertz CT molecular complexity index is 668. The maximum absolute atomic E-state index is 12.4. The Kier molecular flexibility index (Phi) is 7.41. The van der Waals surface area contributed by atoms with Crippen LogP contribution in [-0.4, -0.2) is 65.3 Å². The van der Waals surface area contributed by atoms with Crippen LogP contribution in [0.25, 0.3) is 0 Å². The topological polar surface area (TPSA) is 108 Å². The molecule has 2 aliphatic rings. The van der Waals surface area contributed by atoms with E-state index in [2.05, 4.69) is 17.2 Å². The smallest absolute Gasteiger partial charge is 0.334 e. The maximum Gasteiger partial charge on any atom is 0.334 e. The summed E-state index contributed by atoms with van der Waals surface area (Å²) in [5.41, 5.74) is 0.439. The van der Waals surface area contributed by atoms with Gasteiger partial charge in [0.05, 0.1) is 19.5 Å². The van der Waals surface area contributed by atoms with E-state index in [4.69, 9.17) is 6.21 Å². The van der Waals surface area contributed by atoms with Crippen LogP contribution in [0.3, 0.4) is 0 Å². The second-order valence-electron chi connectivity index (χ2n) is 7.16. The molecule has 2 heterocycles. The highest BCUT2D eigenvalue weighted by Crippen LogP contribution is 2.21. The van der Waals surface area contributed by atoms with E-state index in [1.807, 2.05) is 18.7 Å². The number of carbonyl (C=O) groups excluding carboxylic acids is 4. The van der Waals surface area contributed by atoms with Crippen LogP contribution in [-0.2, 0) is 24.0 Å². The van der Waals surface area contributed by atoms with Crippen LogP contribution in [0.5, 0.6) is 0 Å². The minimum absolute atomic E-state index is 0.0416. The average Bonchev–Trinajstić information content (AvgIpc) is 3.20. The predicted octanol–water partition coefficient (Wildman–Crippen LogP) is 0.466. The Labute approximate surface area is 166 Å². The molecule has 0 aromatic rings. The number of hydrogen-bond donors (Lipinski definition) is 2. The number of nitrogens with zero attached hydrogens (tertiary/aromatic N) is 2. The highest BCUT2D eigenvalue weighted by atomic mass is 16.8. The highest BCUT2D eigenvalue weighted by molar-refractivity contribution is 5.83. The molecular formula is C19H30N4O5. The average molecular weight is 401 g/mol. The van der Waals surface area contributed by atoms with Gasteiger partial charge in [-0.25, -0.2) is 4.79 Å². The van der Waals surface area contributed by atoms with Gasteiger partial charge >= 0.3 is 5.97 Å². The lowest BCUT2D eigenvalue weighted by Gasteiger charge is -2.27. The highest BCUT2D eigenvalue weighted by Gasteiger charge is 2.32. The number of nitrogens with one attached hydrogen (secondary N) is 2. The van der Waals surface area contributed by atoms with Crippen molar-refractivity contribution in [3.63, 3.8) is 0 Å². The third kappa shape index (κ3) is 6.05. The lowest BCUT2D eigenvalue weighted by atomic mass is 10.2. The number of hydrogen-bond acceptors (Lipinski definition) is 6. The molecule has 2 N–H and O–H groups in total. The second kappa shape index (κ2) is 10.2. The van der Waals surface area contributed by atoms with Crippen molar-refractivity contribution >= 4 is 23.7 Å². The van der Waals surface area contributed by atoms with Gasteiger partial charge in [0.1, 0.15) is 0 Å². The first kappa shape index (κ1) is 20.3.